The SMILES string of the molecule is COC(=O)C1CCCN1C(=O)COc1cccnc1. The highest BCUT2D eigenvalue weighted by molar-refractivity contribution is 5.85. The van der Waals surface area contributed by atoms with Gasteiger partial charge in [-0.25, -0.2) is 4.79 Å². The normalized spacial score (nSPS) is 18.2. The molecule has 0 aromatic carbocycles. The van der Waals surface area contributed by atoms with Crippen molar-refractivity contribution in [2.75, 3.05) is 20.3 Å². The van der Waals surface area contributed by atoms with E-state index < -0.39 is 6.04 Å². The van der Waals surface area contributed by atoms with Gasteiger partial charge in [0.1, 0.15) is 11.8 Å². The molecule has 2 rings (SSSR count). The van der Waals surface area contributed by atoms with E-state index in [1.54, 1.807) is 18.3 Å². The van der Waals surface area contributed by atoms with Crippen LogP contribution in [0.1, 0.15) is 12.8 Å². The molecule has 1 fully saturated rings. The van der Waals surface area contributed by atoms with Crippen LogP contribution in [-0.2, 0) is 14.3 Å². The Hall–Kier alpha value is -2.11. The number of nitrogens with zero attached hydrogens (tertiary/aromatic N) is 2. The lowest BCUT2D eigenvalue weighted by Crippen LogP contribution is -2.43. The molecule has 0 spiro atoms. The van der Waals surface area contributed by atoms with E-state index in [0.29, 0.717) is 18.7 Å². The maximum Gasteiger partial charge on any atom is 0.328 e. The van der Waals surface area contributed by atoms with Crippen molar-refractivity contribution >= 4 is 11.9 Å². The number of rotatable bonds is 4. The molecule has 1 aliphatic heterocycles. The number of ether oxygens (including phenoxy) is 2. The van der Waals surface area contributed by atoms with Gasteiger partial charge in [-0.1, -0.05) is 0 Å². The van der Waals surface area contributed by atoms with Gasteiger partial charge < -0.3 is 14.4 Å². The maximum atomic E-state index is 12.0. The summed E-state index contributed by atoms with van der Waals surface area (Å²) in [4.78, 5) is 29.0. The van der Waals surface area contributed by atoms with Gasteiger partial charge in [-0.3, -0.25) is 9.78 Å². The Balaban J connectivity index is 1.90. The van der Waals surface area contributed by atoms with Crippen LogP contribution < -0.4 is 4.74 Å². The molecule has 1 saturated heterocycles. The fourth-order valence-corrected chi connectivity index (χ4v) is 2.11. The molecular formula is C13H16N2O4. The number of hydrogen-bond acceptors (Lipinski definition) is 5. The molecule has 0 N–H and O–H groups in total. The number of carbonyl (C=O) groups is 2. The van der Waals surface area contributed by atoms with Crippen LogP contribution in [0.25, 0.3) is 0 Å². The highest BCUT2D eigenvalue weighted by atomic mass is 16.5. The summed E-state index contributed by atoms with van der Waals surface area (Å²) in [7, 11) is 1.33. The first-order valence-electron chi connectivity index (χ1n) is 6.12. The van der Waals surface area contributed by atoms with Crippen LogP contribution in [0.15, 0.2) is 24.5 Å². The van der Waals surface area contributed by atoms with E-state index in [2.05, 4.69) is 4.98 Å². The lowest BCUT2D eigenvalue weighted by molar-refractivity contribution is -0.151. The Morgan fingerprint density at radius 2 is 2.37 bits per heavy atom. The zero-order valence-electron chi connectivity index (χ0n) is 10.7. The Kier molecular flexibility index (Phi) is 4.33. The van der Waals surface area contributed by atoms with Crippen molar-refractivity contribution in [3.05, 3.63) is 24.5 Å². The standard InChI is InChI=1S/C13H16N2O4/c1-18-13(17)11-5-3-7-15(11)12(16)9-19-10-4-2-6-14-8-10/h2,4,6,8,11H,3,5,7,9H2,1H3. The second-order valence-electron chi connectivity index (χ2n) is 4.25. The number of carbonyl (C=O) groups excluding carboxylic acids is 2. The minimum absolute atomic E-state index is 0.0980. The summed E-state index contributed by atoms with van der Waals surface area (Å²) in [5.74, 6) is -0.0476. The lowest BCUT2D eigenvalue weighted by atomic mass is 10.2. The molecule has 19 heavy (non-hydrogen) atoms. The van der Waals surface area contributed by atoms with Crippen LogP contribution in [0.4, 0.5) is 0 Å². The molecule has 0 bridgehead atoms. The van der Waals surface area contributed by atoms with Crippen molar-refractivity contribution in [3.8, 4) is 5.75 Å². The van der Waals surface area contributed by atoms with E-state index in [1.807, 2.05) is 0 Å². The van der Waals surface area contributed by atoms with Crippen LogP contribution in [0.2, 0.25) is 0 Å². The third-order valence-corrected chi connectivity index (χ3v) is 3.04. The summed E-state index contributed by atoms with van der Waals surface area (Å²) in [5.41, 5.74) is 0. The highest BCUT2D eigenvalue weighted by Crippen LogP contribution is 2.18. The number of pyridine rings is 1. The summed E-state index contributed by atoms with van der Waals surface area (Å²) in [5, 5.41) is 0. The molecule has 1 aromatic heterocycles. The van der Waals surface area contributed by atoms with Gasteiger partial charge in [0.15, 0.2) is 6.61 Å². The number of amides is 1. The fraction of sp³-hybridized carbons (Fsp3) is 0.462. The molecule has 6 nitrogen and oxygen atoms in total. The molecule has 6 heteroatoms. The summed E-state index contributed by atoms with van der Waals surface area (Å²) >= 11 is 0. The second-order valence-corrected chi connectivity index (χ2v) is 4.25. The van der Waals surface area contributed by atoms with Crippen molar-refractivity contribution < 1.29 is 19.1 Å². The number of methoxy groups -OCH3 is 1. The Bertz CT molecular complexity index is 449. The number of esters is 1. The van der Waals surface area contributed by atoms with Gasteiger partial charge in [-0.2, -0.15) is 0 Å². The van der Waals surface area contributed by atoms with Gasteiger partial charge in [-0.05, 0) is 25.0 Å². The van der Waals surface area contributed by atoms with Gasteiger partial charge >= 0.3 is 5.97 Å². The van der Waals surface area contributed by atoms with Crippen molar-refractivity contribution in [3.63, 3.8) is 0 Å². The molecule has 0 saturated carbocycles. The quantitative estimate of drug-likeness (QED) is 0.746. The first-order valence-corrected chi connectivity index (χ1v) is 6.12. The van der Waals surface area contributed by atoms with E-state index in [1.165, 1.54) is 18.2 Å². The summed E-state index contributed by atoms with van der Waals surface area (Å²) in [6.45, 7) is 0.466. The van der Waals surface area contributed by atoms with Crippen LogP contribution in [0.5, 0.6) is 5.75 Å². The molecule has 0 aliphatic carbocycles. The topological polar surface area (TPSA) is 68.7 Å². The smallest absolute Gasteiger partial charge is 0.328 e. The fourth-order valence-electron chi connectivity index (χ4n) is 2.11. The Morgan fingerprint density at radius 1 is 1.53 bits per heavy atom. The minimum atomic E-state index is -0.477. The number of likely N-dealkylation sites (tertiary alicyclic amines) is 1. The Labute approximate surface area is 111 Å². The predicted octanol–water partition coefficient (Wildman–Crippen LogP) is 0.624. The van der Waals surface area contributed by atoms with Gasteiger partial charge in [0.05, 0.1) is 13.3 Å². The minimum Gasteiger partial charge on any atom is -0.482 e. The highest BCUT2D eigenvalue weighted by Gasteiger charge is 2.34. The molecule has 1 unspecified atom stereocenters. The van der Waals surface area contributed by atoms with Crippen molar-refractivity contribution in [1.29, 1.82) is 0 Å². The van der Waals surface area contributed by atoms with Gasteiger partial charge in [0.25, 0.3) is 5.91 Å². The van der Waals surface area contributed by atoms with Crippen LogP contribution in [0.3, 0.4) is 0 Å². The van der Waals surface area contributed by atoms with E-state index in [-0.39, 0.29) is 18.5 Å². The summed E-state index contributed by atoms with van der Waals surface area (Å²) in [6, 6.07) is 2.98. The van der Waals surface area contributed by atoms with Crippen molar-refractivity contribution in [2.24, 2.45) is 0 Å². The van der Waals surface area contributed by atoms with Crippen LogP contribution in [-0.4, -0.2) is 48.1 Å². The first-order chi connectivity index (χ1) is 9.22. The second kappa shape index (κ2) is 6.17. The third kappa shape index (κ3) is 3.21. The molecule has 1 atom stereocenters. The van der Waals surface area contributed by atoms with Crippen LogP contribution >= 0.6 is 0 Å². The molecule has 1 aliphatic rings. The van der Waals surface area contributed by atoms with Gasteiger partial charge in [-0.15, -0.1) is 0 Å². The summed E-state index contributed by atoms with van der Waals surface area (Å²) < 4.78 is 10.0. The van der Waals surface area contributed by atoms with E-state index >= 15 is 0 Å². The zero-order chi connectivity index (χ0) is 13.7. The molecule has 102 valence electrons. The average Bonchev–Trinajstić information content (AvgIpc) is 2.94. The van der Waals surface area contributed by atoms with Crippen LogP contribution in [0, 0.1) is 0 Å². The van der Waals surface area contributed by atoms with Gasteiger partial charge in [0.2, 0.25) is 0 Å². The Morgan fingerprint density at radius 3 is 3.05 bits per heavy atom. The lowest BCUT2D eigenvalue weighted by Gasteiger charge is -2.22. The number of aromatic nitrogens is 1. The monoisotopic (exact) mass is 264 g/mol. The van der Waals surface area contributed by atoms with Crippen molar-refractivity contribution in [1.82, 2.24) is 9.88 Å². The molecule has 1 aromatic rings. The number of hydrogen-bond donors (Lipinski definition) is 0. The maximum absolute atomic E-state index is 12.0. The predicted molar refractivity (Wildman–Crippen MR) is 66.5 cm³/mol. The summed E-state index contributed by atoms with van der Waals surface area (Å²) in [6.07, 6.45) is 4.61. The molecule has 1 amide bonds. The van der Waals surface area contributed by atoms with E-state index in [0.717, 1.165) is 6.42 Å². The van der Waals surface area contributed by atoms with Gasteiger partial charge in [0, 0.05) is 12.7 Å². The molecular weight excluding hydrogens is 248 g/mol. The zero-order valence-corrected chi connectivity index (χ0v) is 10.7. The average molecular weight is 264 g/mol. The third-order valence-electron chi connectivity index (χ3n) is 3.04. The van der Waals surface area contributed by atoms with E-state index in [9.17, 15) is 9.59 Å². The van der Waals surface area contributed by atoms with Crippen molar-refractivity contribution in [2.45, 2.75) is 18.9 Å². The largest absolute Gasteiger partial charge is 0.482 e. The van der Waals surface area contributed by atoms with E-state index in [4.69, 9.17) is 9.47 Å². The first kappa shape index (κ1) is 13.3. The molecule has 0 radical (unpaired) electrons. The molecule has 2 heterocycles.